The molecule has 1 unspecified atom stereocenters. The van der Waals surface area contributed by atoms with Crippen molar-refractivity contribution in [2.24, 2.45) is 13.0 Å². The average molecular weight is 282 g/mol. The molecule has 0 radical (unpaired) electrons. The molecule has 1 atom stereocenters. The van der Waals surface area contributed by atoms with Crippen LogP contribution in [0, 0.1) is 16.0 Å². The Labute approximate surface area is 116 Å². The Bertz CT molecular complexity index is 540. The molecule has 0 spiro atoms. The van der Waals surface area contributed by atoms with Crippen LogP contribution in [0.15, 0.2) is 0 Å². The Hall–Kier alpha value is -2.12. The summed E-state index contributed by atoms with van der Waals surface area (Å²) in [6.07, 6.45) is 1.13. The van der Waals surface area contributed by atoms with Crippen LogP contribution in [0.2, 0.25) is 0 Å². The average Bonchev–Trinajstić information content (AvgIpc) is 3.01. The lowest BCUT2D eigenvalue weighted by atomic mass is 10.1. The largest absolute Gasteiger partial charge is 0.469 e. The standard InChI is InChI=1S/C12H18N4O4/c1-4-9-10(16(18)19)11(14(2)13-9)15-6-5-8(7-15)12(17)20-3/h8H,4-7H2,1-3H3. The topological polar surface area (TPSA) is 90.5 Å². The van der Waals surface area contributed by atoms with Gasteiger partial charge in [0.1, 0.15) is 5.69 Å². The van der Waals surface area contributed by atoms with Gasteiger partial charge in [0.15, 0.2) is 0 Å². The van der Waals surface area contributed by atoms with E-state index < -0.39 is 4.92 Å². The molecular formula is C12H18N4O4. The van der Waals surface area contributed by atoms with Gasteiger partial charge in [0, 0.05) is 20.1 Å². The highest BCUT2D eigenvalue weighted by molar-refractivity contribution is 5.74. The van der Waals surface area contributed by atoms with Gasteiger partial charge in [-0.25, -0.2) is 4.68 Å². The minimum absolute atomic E-state index is 0.0421. The van der Waals surface area contributed by atoms with E-state index >= 15 is 0 Å². The number of hydrogen-bond acceptors (Lipinski definition) is 6. The van der Waals surface area contributed by atoms with Gasteiger partial charge < -0.3 is 9.64 Å². The molecule has 0 bridgehead atoms. The molecule has 0 saturated carbocycles. The maximum Gasteiger partial charge on any atom is 0.334 e. The zero-order valence-electron chi connectivity index (χ0n) is 11.8. The SMILES string of the molecule is CCc1nn(C)c(N2CCC(C(=O)OC)C2)c1[N+](=O)[O-]. The maximum absolute atomic E-state index is 11.6. The molecule has 0 N–H and O–H groups in total. The third-order valence-corrected chi connectivity index (χ3v) is 3.60. The Morgan fingerprint density at radius 3 is 2.85 bits per heavy atom. The van der Waals surface area contributed by atoms with E-state index in [2.05, 4.69) is 5.10 Å². The van der Waals surface area contributed by atoms with Crippen molar-refractivity contribution in [3.63, 3.8) is 0 Å². The number of methoxy groups -OCH3 is 1. The molecule has 1 aromatic heterocycles. The van der Waals surface area contributed by atoms with Crippen LogP contribution in [-0.4, -0.2) is 40.9 Å². The predicted molar refractivity (Wildman–Crippen MR) is 71.6 cm³/mol. The number of hydrogen-bond donors (Lipinski definition) is 0. The Kier molecular flexibility index (Phi) is 3.91. The summed E-state index contributed by atoms with van der Waals surface area (Å²) in [6, 6.07) is 0. The van der Waals surface area contributed by atoms with E-state index in [9.17, 15) is 14.9 Å². The minimum atomic E-state index is -0.396. The summed E-state index contributed by atoms with van der Waals surface area (Å²) in [7, 11) is 3.04. The lowest BCUT2D eigenvalue weighted by Crippen LogP contribution is -2.25. The summed E-state index contributed by atoms with van der Waals surface area (Å²) in [5.41, 5.74) is 0.509. The molecule has 1 aliphatic heterocycles. The van der Waals surface area contributed by atoms with Gasteiger partial charge in [0.05, 0.1) is 18.0 Å². The summed E-state index contributed by atoms with van der Waals surface area (Å²) in [5.74, 6) is -0.0362. The van der Waals surface area contributed by atoms with Gasteiger partial charge in [-0.1, -0.05) is 6.92 Å². The molecular weight excluding hydrogens is 264 g/mol. The van der Waals surface area contributed by atoms with Crippen molar-refractivity contribution in [1.29, 1.82) is 0 Å². The van der Waals surface area contributed by atoms with Crippen LogP contribution in [0.3, 0.4) is 0 Å². The van der Waals surface area contributed by atoms with Crippen LogP contribution in [-0.2, 0) is 23.0 Å². The first-order valence-corrected chi connectivity index (χ1v) is 6.52. The summed E-state index contributed by atoms with van der Waals surface area (Å²) in [4.78, 5) is 24.3. The molecule has 1 fully saturated rings. The van der Waals surface area contributed by atoms with Gasteiger partial charge in [-0.15, -0.1) is 0 Å². The fourth-order valence-electron chi connectivity index (χ4n) is 2.65. The van der Waals surface area contributed by atoms with Crippen LogP contribution >= 0.6 is 0 Å². The van der Waals surface area contributed by atoms with E-state index in [0.29, 0.717) is 37.4 Å². The minimum Gasteiger partial charge on any atom is -0.469 e. The summed E-state index contributed by atoms with van der Waals surface area (Å²) >= 11 is 0. The Morgan fingerprint density at radius 2 is 2.30 bits per heavy atom. The highest BCUT2D eigenvalue weighted by Gasteiger charge is 2.36. The van der Waals surface area contributed by atoms with Crippen LogP contribution in [0.4, 0.5) is 11.5 Å². The third-order valence-electron chi connectivity index (χ3n) is 3.60. The van der Waals surface area contributed by atoms with Crippen molar-refractivity contribution in [3.8, 4) is 0 Å². The van der Waals surface area contributed by atoms with Gasteiger partial charge in [0.25, 0.3) is 0 Å². The third kappa shape index (κ3) is 2.33. The maximum atomic E-state index is 11.6. The molecule has 110 valence electrons. The summed E-state index contributed by atoms with van der Waals surface area (Å²) in [5, 5.41) is 15.5. The van der Waals surface area contributed by atoms with E-state index in [4.69, 9.17) is 4.74 Å². The smallest absolute Gasteiger partial charge is 0.334 e. The summed E-state index contributed by atoms with van der Waals surface area (Å²) < 4.78 is 6.26. The number of rotatable bonds is 4. The first-order valence-electron chi connectivity index (χ1n) is 6.52. The van der Waals surface area contributed by atoms with Gasteiger partial charge >= 0.3 is 11.7 Å². The van der Waals surface area contributed by atoms with Gasteiger partial charge in [-0.3, -0.25) is 14.9 Å². The monoisotopic (exact) mass is 282 g/mol. The van der Waals surface area contributed by atoms with Crippen LogP contribution in [0.25, 0.3) is 0 Å². The molecule has 0 aliphatic carbocycles. The molecule has 8 nitrogen and oxygen atoms in total. The highest BCUT2D eigenvalue weighted by Crippen LogP contribution is 2.35. The molecule has 2 rings (SSSR count). The second kappa shape index (κ2) is 5.48. The zero-order chi connectivity index (χ0) is 14.9. The zero-order valence-corrected chi connectivity index (χ0v) is 11.8. The number of aryl methyl sites for hydroxylation is 2. The van der Waals surface area contributed by atoms with Crippen LogP contribution in [0.1, 0.15) is 19.0 Å². The van der Waals surface area contributed by atoms with Crippen molar-refractivity contribution in [2.75, 3.05) is 25.1 Å². The number of nitrogens with zero attached hydrogens (tertiary/aromatic N) is 4. The molecule has 1 saturated heterocycles. The lowest BCUT2D eigenvalue weighted by Gasteiger charge is -2.17. The predicted octanol–water partition coefficient (Wildman–Crippen LogP) is 0.890. The fourth-order valence-corrected chi connectivity index (χ4v) is 2.65. The molecule has 8 heteroatoms. The van der Waals surface area contributed by atoms with E-state index in [1.807, 2.05) is 11.8 Å². The first-order chi connectivity index (χ1) is 9.49. The normalized spacial score (nSPS) is 18.4. The number of aromatic nitrogens is 2. The molecule has 0 amide bonds. The van der Waals surface area contributed by atoms with Crippen molar-refractivity contribution in [3.05, 3.63) is 15.8 Å². The lowest BCUT2D eigenvalue weighted by molar-refractivity contribution is -0.384. The van der Waals surface area contributed by atoms with Crippen LogP contribution < -0.4 is 4.90 Å². The van der Waals surface area contributed by atoms with Crippen molar-refractivity contribution in [2.45, 2.75) is 19.8 Å². The second-order valence-electron chi connectivity index (χ2n) is 4.81. The van der Waals surface area contributed by atoms with Gasteiger partial charge in [-0.05, 0) is 12.8 Å². The first kappa shape index (κ1) is 14.3. The number of nitro groups is 1. The summed E-state index contributed by atoms with van der Waals surface area (Å²) in [6.45, 7) is 2.85. The van der Waals surface area contributed by atoms with Crippen molar-refractivity contribution in [1.82, 2.24) is 9.78 Å². The molecule has 1 aromatic rings. The van der Waals surface area contributed by atoms with Gasteiger partial charge in [0.2, 0.25) is 5.82 Å². The van der Waals surface area contributed by atoms with E-state index in [-0.39, 0.29) is 17.6 Å². The second-order valence-corrected chi connectivity index (χ2v) is 4.81. The Morgan fingerprint density at radius 1 is 1.60 bits per heavy atom. The van der Waals surface area contributed by atoms with E-state index in [0.717, 1.165) is 0 Å². The number of anilines is 1. The number of carbonyl (C=O) groups excluding carboxylic acids is 1. The number of esters is 1. The van der Waals surface area contributed by atoms with Crippen LogP contribution in [0.5, 0.6) is 0 Å². The number of carbonyl (C=O) groups is 1. The van der Waals surface area contributed by atoms with E-state index in [1.54, 1.807) is 7.05 Å². The molecule has 0 aromatic carbocycles. The van der Waals surface area contributed by atoms with Crippen molar-refractivity contribution < 1.29 is 14.5 Å². The molecule has 2 heterocycles. The molecule has 1 aliphatic rings. The van der Waals surface area contributed by atoms with E-state index in [1.165, 1.54) is 11.8 Å². The highest BCUT2D eigenvalue weighted by atomic mass is 16.6. The van der Waals surface area contributed by atoms with Crippen molar-refractivity contribution >= 4 is 17.5 Å². The Balaban J connectivity index is 2.32. The van der Waals surface area contributed by atoms with Gasteiger partial charge in [-0.2, -0.15) is 5.10 Å². The fraction of sp³-hybridized carbons (Fsp3) is 0.667. The molecule has 20 heavy (non-hydrogen) atoms. The quantitative estimate of drug-likeness (QED) is 0.463. The number of ether oxygens (including phenoxy) is 1.